The third kappa shape index (κ3) is 4.90. The third-order valence-corrected chi connectivity index (χ3v) is 4.77. The molecule has 0 aliphatic heterocycles. The first-order valence-electron chi connectivity index (χ1n) is 9.60. The maximum atomic E-state index is 13.3. The van der Waals surface area contributed by atoms with Crippen LogP contribution in [0.1, 0.15) is 22.7 Å². The highest BCUT2D eigenvalue weighted by Gasteiger charge is 2.22. The Kier molecular flexibility index (Phi) is 6.93. The molecule has 1 atom stereocenters. The lowest BCUT2D eigenvalue weighted by atomic mass is 10.0. The van der Waals surface area contributed by atoms with Crippen LogP contribution in [0.5, 0.6) is 11.5 Å². The largest absolute Gasteiger partial charge is 0.496 e. The van der Waals surface area contributed by atoms with E-state index in [-0.39, 0.29) is 12.5 Å². The summed E-state index contributed by atoms with van der Waals surface area (Å²) in [6.45, 7) is 1.79. The van der Waals surface area contributed by atoms with Crippen LogP contribution < -0.4 is 20.1 Å². The van der Waals surface area contributed by atoms with E-state index in [2.05, 4.69) is 10.6 Å². The molecule has 3 aromatic rings. The minimum Gasteiger partial charge on any atom is -0.496 e. The van der Waals surface area contributed by atoms with Crippen LogP contribution in [0, 0.1) is 6.92 Å². The summed E-state index contributed by atoms with van der Waals surface area (Å²) in [6.07, 6.45) is 0. The van der Waals surface area contributed by atoms with Gasteiger partial charge in [-0.25, -0.2) is 0 Å². The summed E-state index contributed by atoms with van der Waals surface area (Å²) >= 11 is 0. The fourth-order valence-electron chi connectivity index (χ4n) is 3.23. The number of nitrogens with one attached hydrogen (secondary N) is 2. The number of carbonyl (C=O) groups excluding carboxylic acids is 1. The summed E-state index contributed by atoms with van der Waals surface area (Å²) in [4.78, 5) is 13.3. The first-order chi connectivity index (χ1) is 14.5. The molecule has 0 aromatic heterocycles. The average molecular weight is 406 g/mol. The molecule has 0 bridgehead atoms. The van der Waals surface area contributed by atoms with Crippen LogP contribution in [-0.4, -0.2) is 25.2 Å². The van der Waals surface area contributed by atoms with Gasteiger partial charge >= 0.3 is 0 Å². The van der Waals surface area contributed by atoms with Crippen LogP contribution >= 0.6 is 0 Å². The molecular weight excluding hydrogens is 380 g/mol. The lowest BCUT2D eigenvalue weighted by molar-refractivity contribution is -0.117. The highest BCUT2D eigenvalue weighted by Crippen LogP contribution is 2.29. The summed E-state index contributed by atoms with van der Waals surface area (Å²) in [5, 5.41) is 15.9. The van der Waals surface area contributed by atoms with E-state index in [1.54, 1.807) is 26.4 Å². The number of ether oxygens (including phenoxy) is 2. The fourth-order valence-corrected chi connectivity index (χ4v) is 3.23. The van der Waals surface area contributed by atoms with Gasteiger partial charge in [0.15, 0.2) is 0 Å². The van der Waals surface area contributed by atoms with Crippen molar-refractivity contribution < 1.29 is 19.4 Å². The van der Waals surface area contributed by atoms with Crippen molar-refractivity contribution in [1.82, 2.24) is 0 Å². The number of rotatable bonds is 8. The number of benzene rings is 3. The Labute approximate surface area is 176 Å². The maximum Gasteiger partial charge on any atom is 0.251 e. The third-order valence-electron chi connectivity index (χ3n) is 4.77. The van der Waals surface area contributed by atoms with E-state index < -0.39 is 6.04 Å². The second-order valence-electron chi connectivity index (χ2n) is 6.87. The van der Waals surface area contributed by atoms with Crippen molar-refractivity contribution in [2.24, 2.45) is 0 Å². The molecular formula is C24H26N2O4. The molecule has 0 aliphatic carbocycles. The number of aliphatic hydroxyl groups is 1. The molecule has 0 saturated heterocycles. The van der Waals surface area contributed by atoms with Crippen molar-refractivity contribution in [1.29, 1.82) is 0 Å². The molecule has 6 heteroatoms. The van der Waals surface area contributed by atoms with Gasteiger partial charge in [-0.3, -0.25) is 4.79 Å². The fraction of sp³-hybridized carbons (Fsp3) is 0.208. The van der Waals surface area contributed by atoms with Crippen LogP contribution in [0.2, 0.25) is 0 Å². The summed E-state index contributed by atoms with van der Waals surface area (Å²) in [7, 11) is 3.12. The Hall–Kier alpha value is -3.51. The molecule has 3 N–H and O–H groups in total. The Morgan fingerprint density at radius 3 is 2.33 bits per heavy atom. The van der Waals surface area contributed by atoms with Gasteiger partial charge in [-0.15, -0.1) is 0 Å². The molecule has 156 valence electrons. The highest BCUT2D eigenvalue weighted by atomic mass is 16.5. The lowest BCUT2D eigenvalue weighted by Crippen LogP contribution is -2.27. The minimum absolute atomic E-state index is 0.165. The zero-order valence-electron chi connectivity index (χ0n) is 17.3. The van der Waals surface area contributed by atoms with Crippen LogP contribution in [0.4, 0.5) is 11.4 Å². The van der Waals surface area contributed by atoms with E-state index in [0.29, 0.717) is 28.4 Å². The molecule has 30 heavy (non-hydrogen) atoms. The second-order valence-corrected chi connectivity index (χ2v) is 6.87. The Morgan fingerprint density at radius 2 is 1.67 bits per heavy atom. The monoisotopic (exact) mass is 406 g/mol. The first-order valence-corrected chi connectivity index (χ1v) is 9.60. The molecule has 3 aromatic carbocycles. The number of hydrogen-bond acceptors (Lipinski definition) is 5. The molecule has 0 saturated carbocycles. The minimum atomic E-state index is -0.656. The van der Waals surface area contributed by atoms with Crippen molar-refractivity contribution in [3.63, 3.8) is 0 Å². The van der Waals surface area contributed by atoms with Gasteiger partial charge in [-0.05, 0) is 48.4 Å². The Balaban J connectivity index is 1.92. The highest BCUT2D eigenvalue weighted by molar-refractivity contribution is 5.98. The summed E-state index contributed by atoms with van der Waals surface area (Å²) in [5.74, 6) is 0.951. The van der Waals surface area contributed by atoms with Gasteiger partial charge in [0.05, 0.1) is 26.5 Å². The Bertz CT molecular complexity index is 1010. The molecule has 0 spiro atoms. The van der Waals surface area contributed by atoms with Crippen molar-refractivity contribution in [2.45, 2.75) is 19.6 Å². The van der Waals surface area contributed by atoms with Gasteiger partial charge in [0.25, 0.3) is 5.91 Å². The van der Waals surface area contributed by atoms with Crippen molar-refractivity contribution in [3.05, 3.63) is 83.4 Å². The molecule has 0 heterocycles. The predicted molar refractivity (Wildman–Crippen MR) is 118 cm³/mol. The summed E-state index contributed by atoms with van der Waals surface area (Å²) in [5.41, 5.74) is 3.76. The zero-order chi connectivity index (χ0) is 21.5. The number of aliphatic hydroxyl groups excluding tert-OH is 1. The molecule has 3 rings (SSSR count). The van der Waals surface area contributed by atoms with Crippen molar-refractivity contribution in [2.75, 3.05) is 24.9 Å². The topological polar surface area (TPSA) is 79.8 Å². The number of methoxy groups -OCH3 is 2. The summed E-state index contributed by atoms with van der Waals surface area (Å²) in [6, 6.07) is 19.8. The van der Waals surface area contributed by atoms with Crippen LogP contribution in [0.25, 0.3) is 0 Å². The smallest absolute Gasteiger partial charge is 0.251 e. The van der Waals surface area contributed by atoms with Gasteiger partial charge in [0, 0.05) is 11.3 Å². The van der Waals surface area contributed by atoms with Crippen LogP contribution in [-0.2, 0) is 11.4 Å². The number of carbonyl (C=O) groups is 1. The molecule has 0 fully saturated rings. The van der Waals surface area contributed by atoms with E-state index in [9.17, 15) is 9.90 Å². The number of hydrogen-bond donors (Lipinski definition) is 3. The van der Waals surface area contributed by atoms with Gasteiger partial charge in [0.2, 0.25) is 0 Å². The van der Waals surface area contributed by atoms with Gasteiger partial charge in [-0.1, -0.05) is 36.4 Å². The van der Waals surface area contributed by atoms with Gasteiger partial charge in [0.1, 0.15) is 17.5 Å². The maximum absolute atomic E-state index is 13.3. The number of aryl methyl sites for hydroxylation is 1. The molecule has 0 aliphatic rings. The number of anilines is 2. The van der Waals surface area contributed by atoms with Crippen LogP contribution in [0.3, 0.4) is 0 Å². The molecule has 6 nitrogen and oxygen atoms in total. The lowest BCUT2D eigenvalue weighted by Gasteiger charge is -2.21. The predicted octanol–water partition coefficient (Wildman–Crippen LogP) is 4.30. The Morgan fingerprint density at radius 1 is 0.967 bits per heavy atom. The van der Waals surface area contributed by atoms with Crippen molar-refractivity contribution in [3.8, 4) is 11.5 Å². The van der Waals surface area contributed by atoms with Gasteiger partial charge < -0.3 is 25.2 Å². The summed E-state index contributed by atoms with van der Waals surface area (Å²) < 4.78 is 10.6. The number of amides is 1. The van der Waals surface area contributed by atoms with E-state index in [4.69, 9.17) is 9.47 Å². The first kappa shape index (κ1) is 21.2. The van der Waals surface area contributed by atoms with Crippen LogP contribution in [0.15, 0.2) is 66.7 Å². The molecule has 1 unspecified atom stereocenters. The standard InChI is InChI=1S/C24H26N2O4/c1-16-9-11-22(30-3)20(13-16)26-24(28)23(17-7-5-4-6-8-17)25-19-10-12-21(29-2)18(14-19)15-27/h4-14,23,25,27H,15H2,1-3H3,(H,26,28). The van der Waals surface area contributed by atoms with Crippen molar-refractivity contribution >= 4 is 17.3 Å². The van der Waals surface area contributed by atoms with Gasteiger partial charge in [-0.2, -0.15) is 0 Å². The van der Waals surface area contributed by atoms with E-state index in [1.807, 2.05) is 61.5 Å². The molecule has 1 amide bonds. The normalized spacial score (nSPS) is 11.5. The quantitative estimate of drug-likeness (QED) is 0.520. The average Bonchev–Trinajstić information content (AvgIpc) is 2.78. The second kappa shape index (κ2) is 9.80. The van der Waals surface area contributed by atoms with E-state index >= 15 is 0 Å². The SMILES string of the molecule is COc1ccc(NC(C(=O)Nc2cc(C)ccc2OC)c2ccccc2)cc1CO. The van der Waals surface area contributed by atoms with E-state index in [0.717, 1.165) is 11.1 Å². The zero-order valence-corrected chi connectivity index (χ0v) is 17.3. The molecule has 0 radical (unpaired) electrons. The van der Waals surface area contributed by atoms with E-state index in [1.165, 1.54) is 0 Å².